The van der Waals surface area contributed by atoms with E-state index in [4.69, 9.17) is 16.3 Å². The Kier molecular flexibility index (Phi) is 4.56. The van der Waals surface area contributed by atoms with Gasteiger partial charge in [-0.3, -0.25) is 4.79 Å². The average Bonchev–Trinajstić information content (AvgIpc) is 2.38. The molecule has 2 nitrogen and oxygen atoms in total. The molecule has 0 aliphatic rings. The second-order valence-corrected chi connectivity index (χ2v) is 5.05. The molecule has 0 atom stereocenters. The molecule has 0 bridgehead atoms. The Bertz CT molecular complexity index is 616. The fraction of sp³-hybridized carbons (Fsp3) is 0.0714. The van der Waals surface area contributed by atoms with Crippen LogP contribution in [0.2, 0.25) is 0 Å². The summed E-state index contributed by atoms with van der Waals surface area (Å²) in [6.07, 6.45) is 0. The fourth-order valence-electron chi connectivity index (χ4n) is 1.55. The summed E-state index contributed by atoms with van der Waals surface area (Å²) in [4.78, 5) is 11.3. The van der Waals surface area contributed by atoms with Crippen LogP contribution in [0.5, 0.6) is 5.75 Å². The molecule has 19 heavy (non-hydrogen) atoms. The molecule has 0 N–H and O–H groups in total. The topological polar surface area (TPSA) is 26.3 Å². The SMILES string of the molecule is O=C(Cl)c1cc(Br)ccc1OCc1ccccc1F. The Morgan fingerprint density at radius 2 is 2.00 bits per heavy atom. The second-order valence-electron chi connectivity index (χ2n) is 3.79. The van der Waals surface area contributed by atoms with Gasteiger partial charge in [0, 0.05) is 10.0 Å². The van der Waals surface area contributed by atoms with Gasteiger partial charge in [0.05, 0.1) is 5.56 Å². The van der Waals surface area contributed by atoms with Crippen LogP contribution in [0.3, 0.4) is 0 Å². The summed E-state index contributed by atoms with van der Waals surface area (Å²) in [6, 6.07) is 11.2. The molecule has 0 radical (unpaired) electrons. The number of carbonyl (C=O) groups is 1. The van der Waals surface area contributed by atoms with Crippen LogP contribution in [0.4, 0.5) is 4.39 Å². The van der Waals surface area contributed by atoms with E-state index in [0.29, 0.717) is 11.3 Å². The largest absolute Gasteiger partial charge is 0.488 e. The van der Waals surface area contributed by atoms with E-state index < -0.39 is 5.24 Å². The zero-order valence-corrected chi connectivity index (χ0v) is 12.0. The van der Waals surface area contributed by atoms with Crippen LogP contribution in [0.1, 0.15) is 15.9 Å². The minimum Gasteiger partial charge on any atom is -0.488 e. The molecule has 0 heterocycles. The molecule has 98 valence electrons. The Hall–Kier alpha value is -1.39. The van der Waals surface area contributed by atoms with Crippen LogP contribution in [0, 0.1) is 5.82 Å². The molecule has 0 amide bonds. The first-order valence-electron chi connectivity index (χ1n) is 5.43. The Morgan fingerprint density at radius 1 is 1.26 bits per heavy atom. The summed E-state index contributed by atoms with van der Waals surface area (Å²) in [5.41, 5.74) is 0.658. The predicted octanol–water partition coefficient (Wildman–Crippen LogP) is 4.55. The number of carbonyl (C=O) groups excluding carboxylic acids is 1. The zero-order valence-electron chi connectivity index (χ0n) is 9.70. The lowest BCUT2D eigenvalue weighted by atomic mass is 10.2. The van der Waals surface area contributed by atoms with Gasteiger partial charge < -0.3 is 4.74 Å². The van der Waals surface area contributed by atoms with E-state index in [-0.39, 0.29) is 18.0 Å². The van der Waals surface area contributed by atoms with E-state index in [1.54, 1.807) is 36.4 Å². The minimum absolute atomic E-state index is 0.0332. The van der Waals surface area contributed by atoms with Crippen molar-refractivity contribution in [1.82, 2.24) is 0 Å². The van der Waals surface area contributed by atoms with Gasteiger partial charge in [0.2, 0.25) is 0 Å². The van der Waals surface area contributed by atoms with Crippen molar-refractivity contribution in [3.05, 3.63) is 63.9 Å². The van der Waals surface area contributed by atoms with Crippen LogP contribution in [-0.4, -0.2) is 5.24 Å². The monoisotopic (exact) mass is 342 g/mol. The van der Waals surface area contributed by atoms with Crippen LogP contribution >= 0.6 is 27.5 Å². The fourth-order valence-corrected chi connectivity index (χ4v) is 2.06. The molecule has 0 spiro atoms. The maximum Gasteiger partial charge on any atom is 0.256 e. The summed E-state index contributed by atoms with van der Waals surface area (Å²) in [7, 11) is 0. The second kappa shape index (κ2) is 6.17. The summed E-state index contributed by atoms with van der Waals surface area (Å²) in [5.74, 6) is -0.0233. The van der Waals surface area contributed by atoms with Gasteiger partial charge in [0.25, 0.3) is 5.24 Å². The minimum atomic E-state index is -0.621. The quantitative estimate of drug-likeness (QED) is 0.762. The van der Waals surface area contributed by atoms with Crippen molar-refractivity contribution in [3.8, 4) is 5.75 Å². The lowest BCUT2D eigenvalue weighted by molar-refractivity contribution is 0.107. The van der Waals surface area contributed by atoms with Gasteiger partial charge in [-0.15, -0.1) is 0 Å². The predicted molar refractivity (Wildman–Crippen MR) is 75.1 cm³/mol. The molecule has 5 heteroatoms. The van der Waals surface area contributed by atoms with Crippen molar-refractivity contribution in [2.75, 3.05) is 0 Å². The third kappa shape index (κ3) is 3.55. The van der Waals surface area contributed by atoms with Gasteiger partial charge in [-0.25, -0.2) is 4.39 Å². The number of benzene rings is 2. The average molecular weight is 344 g/mol. The summed E-state index contributed by atoms with van der Waals surface area (Å²) < 4.78 is 19.6. The van der Waals surface area contributed by atoms with Crippen molar-refractivity contribution >= 4 is 32.8 Å². The molecule has 2 aromatic rings. The van der Waals surface area contributed by atoms with Gasteiger partial charge in [0.15, 0.2) is 0 Å². The van der Waals surface area contributed by atoms with Crippen LogP contribution < -0.4 is 4.74 Å². The van der Waals surface area contributed by atoms with Crippen LogP contribution in [0.25, 0.3) is 0 Å². The molecule has 2 aromatic carbocycles. The van der Waals surface area contributed by atoms with E-state index in [2.05, 4.69) is 15.9 Å². The maximum absolute atomic E-state index is 13.4. The smallest absolute Gasteiger partial charge is 0.256 e. The Balaban J connectivity index is 2.20. The number of rotatable bonds is 4. The van der Waals surface area contributed by atoms with E-state index >= 15 is 0 Å². The van der Waals surface area contributed by atoms with Gasteiger partial charge in [-0.1, -0.05) is 34.1 Å². The van der Waals surface area contributed by atoms with Crippen LogP contribution in [0.15, 0.2) is 46.9 Å². The van der Waals surface area contributed by atoms with Crippen molar-refractivity contribution in [3.63, 3.8) is 0 Å². The van der Waals surface area contributed by atoms with Crippen LogP contribution in [-0.2, 0) is 6.61 Å². The molecule has 0 unspecified atom stereocenters. The van der Waals surface area contributed by atoms with Gasteiger partial charge >= 0.3 is 0 Å². The van der Waals surface area contributed by atoms with Crippen molar-refractivity contribution in [1.29, 1.82) is 0 Å². The first-order valence-corrected chi connectivity index (χ1v) is 6.60. The molecule has 0 saturated heterocycles. The Morgan fingerprint density at radius 3 is 2.68 bits per heavy atom. The van der Waals surface area contributed by atoms with Crippen molar-refractivity contribution in [2.24, 2.45) is 0 Å². The first-order chi connectivity index (χ1) is 9.08. The third-order valence-electron chi connectivity index (χ3n) is 2.49. The molecular weight excluding hydrogens is 335 g/mol. The molecule has 2 rings (SSSR count). The summed E-state index contributed by atoms with van der Waals surface area (Å²) >= 11 is 8.73. The van der Waals surface area contributed by atoms with Gasteiger partial charge in [-0.05, 0) is 35.9 Å². The lowest BCUT2D eigenvalue weighted by Crippen LogP contribution is -2.02. The number of ether oxygens (including phenoxy) is 1. The lowest BCUT2D eigenvalue weighted by Gasteiger charge is -2.10. The highest BCUT2D eigenvalue weighted by Crippen LogP contribution is 2.25. The molecule has 0 aromatic heterocycles. The number of hydrogen-bond acceptors (Lipinski definition) is 2. The van der Waals surface area contributed by atoms with Gasteiger partial charge in [0.1, 0.15) is 18.2 Å². The normalized spacial score (nSPS) is 10.3. The molecular formula is C14H9BrClFO2. The van der Waals surface area contributed by atoms with Crippen molar-refractivity contribution < 1.29 is 13.9 Å². The highest BCUT2D eigenvalue weighted by Gasteiger charge is 2.11. The van der Waals surface area contributed by atoms with Crippen molar-refractivity contribution in [2.45, 2.75) is 6.61 Å². The standard InChI is InChI=1S/C14H9BrClFO2/c15-10-5-6-13(11(7-10)14(16)18)19-8-9-3-1-2-4-12(9)17/h1-7H,8H2. The highest BCUT2D eigenvalue weighted by molar-refractivity contribution is 9.10. The van der Waals surface area contributed by atoms with E-state index in [1.165, 1.54) is 6.07 Å². The highest BCUT2D eigenvalue weighted by atomic mass is 79.9. The summed E-state index contributed by atoms with van der Waals surface area (Å²) in [5, 5.41) is -0.621. The molecule has 0 aliphatic heterocycles. The molecule has 0 saturated carbocycles. The van der Waals surface area contributed by atoms with E-state index in [0.717, 1.165) is 4.47 Å². The van der Waals surface area contributed by atoms with E-state index in [1.807, 2.05) is 0 Å². The first kappa shape index (κ1) is 14.0. The number of halogens is 3. The number of hydrogen-bond donors (Lipinski definition) is 0. The molecule has 0 fully saturated rings. The third-order valence-corrected chi connectivity index (χ3v) is 3.19. The van der Waals surface area contributed by atoms with Gasteiger partial charge in [-0.2, -0.15) is 0 Å². The zero-order chi connectivity index (χ0) is 13.8. The summed E-state index contributed by atoms with van der Waals surface area (Å²) in [6.45, 7) is 0.0332. The molecule has 0 aliphatic carbocycles. The maximum atomic E-state index is 13.4. The Labute approximate surface area is 123 Å². The van der Waals surface area contributed by atoms with E-state index in [9.17, 15) is 9.18 Å².